The molecule has 22 heavy (non-hydrogen) atoms. The van der Waals surface area contributed by atoms with Gasteiger partial charge in [0.1, 0.15) is 11.9 Å². The van der Waals surface area contributed by atoms with Crippen molar-refractivity contribution in [2.45, 2.75) is 37.9 Å². The first-order valence-electron chi connectivity index (χ1n) is 8.24. The van der Waals surface area contributed by atoms with E-state index in [0.29, 0.717) is 24.6 Å². The molecule has 2 saturated heterocycles. The molecule has 0 spiro atoms. The molecule has 1 aromatic carbocycles. The Balaban J connectivity index is 1.57. The number of nitrogens with zero attached hydrogens (tertiary/aromatic N) is 2. The van der Waals surface area contributed by atoms with Gasteiger partial charge in [0.2, 0.25) is 0 Å². The minimum Gasteiger partial charge on any atom is -0.495 e. The summed E-state index contributed by atoms with van der Waals surface area (Å²) in [6, 6.07) is 6.60. The van der Waals surface area contributed by atoms with Gasteiger partial charge in [0.05, 0.1) is 12.8 Å². The zero-order valence-electron chi connectivity index (χ0n) is 13.3. The molecule has 0 amide bonds. The fourth-order valence-electron chi connectivity index (χ4n) is 3.62. The minimum absolute atomic E-state index is 0.585. The maximum Gasteiger partial charge on any atom is 0.143 e. The smallest absolute Gasteiger partial charge is 0.143 e. The van der Waals surface area contributed by atoms with Crippen LogP contribution >= 0.6 is 0 Å². The molecule has 0 bridgehead atoms. The Labute approximate surface area is 132 Å². The van der Waals surface area contributed by atoms with Crippen LogP contribution in [0.3, 0.4) is 0 Å². The molecule has 2 aliphatic rings. The summed E-state index contributed by atoms with van der Waals surface area (Å²) in [6.45, 7) is 3.91. The van der Waals surface area contributed by atoms with Crippen LogP contribution in [0.5, 0.6) is 5.75 Å². The third-order valence-corrected chi connectivity index (χ3v) is 5.02. The highest BCUT2D eigenvalue weighted by molar-refractivity contribution is 5.62. The first-order chi connectivity index (χ1) is 10.7. The summed E-state index contributed by atoms with van der Waals surface area (Å²) in [5.41, 5.74) is 7.73. The number of hydrogen-bond donors (Lipinski definition) is 1. The largest absolute Gasteiger partial charge is 0.495 e. The molecule has 0 atom stereocenters. The molecule has 4 nitrogen and oxygen atoms in total. The minimum atomic E-state index is -0.585. The van der Waals surface area contributed by atoms with Crippen molar-refractivity contribution in [1.29, 1.82) is 0 Å². The summed E-state index contributed by atoms with van der Waals surface area (Å²) in [5, 5.41) is 0. The molecule has 0 radical (unpaired) electrons. The second-order valence-electron chi connectivity index (χ2n) is 6.36. The second kappa shape index (κ2) is 6.73. The van der Waals surface area contributed by atoms with Gasteiger partial charge in [0.15, 0.2) is 0 Å². The quantitative estimate of drug-likeness (QED) is 0.872. The molecule has 0 aromatic heterocycles. The SMILES string of the molecule is COc1cc(N2CCC(N3CCC(F)CC3)CC2)ccc1N. The third kappa shape index (κ3) is 3.29. The van der Waals surface area contributed by atoms with Crippen molar-refractivity contribution >= 4 is 11.4 Å². The van der Waals surface area contributed by atoms with Crippen LogP contribution in [0.1, 0.15) is 25.7 Å². The van der Waals surface area contributed by atoms with Crippen molar-refractivity contribution in [3.63, 3.8) is 0 Å². The summed E-state index contributed by atoms with van der Waals surface area (Å²) >= 11 is 0. The lowest BCUT2D eigenvalue weighted by molar-refractivity contribution is 0.0981. The number of ether oxygens (including phenoxy) is 1. The number of methoxy groups -OCH3 is 1. The number of nitrogen functional groups attached to an aromatic ring is 1. The Morgan fingerprint density at radius 2 is 1.77 bits per heavy atom. The lowest BCUT2D eigenvalue weighted by Crippen LogP contribution is -2.48. The summed E-state index contributed by atoms with van der Waals surface area (Å²) in [5.74, 6) is 0.740. The predicted octanol–water partition coefficient (Wildman–Crippen LogP) is 2.68. The van der Waals surface area contributed by atoms with E-state index >= 15 is 0 Å². The number of hydrogen-bond acceptors (Lipinski definition) is 4. The molecule has 2 heterocycles. The van der Waals surface area contributed by atoms with Gasteiger partial charge in [-0.15, -0.1) is 0 Å². The lowest BCUT2D eigenvalue weighted by Gasteiger charge is -2.41. The fourth-order valence-corrected chi connectivity index (χ4v) is 3.62. The fraction of sp³-hybridized carbons (Fsp3) is 0.647. The molecular weight excluding hydrogens is 281 g/mol. The van der Waals surface area contributed by atoms with Crippen LogP contribution in [0.25, 0.3) is 0 Å². The summed E-state index contributed by atoms with van der Waals surface area (Å²) in [4.78, 5) is 4.87. The Morgan fingerprint density at radius 3 is 2.41 bits per heavy atom. The zero-order chi connectivity index (χ0) is 15.5. The van der Waals surface area contributed by atoms with Crippen LogP contribution in [0, 0.1) is 0 Å². The Morgan fingerprint density at radius 1 is 1.09 bits per heavy atom. The summed E-state index contributed by atoms with van der Waals surface area (Å²) < 4.78 is 18.6. The zero-order valence-corrected chi connectivity index (χ0v) is 13.3. The van der Waals surface area contributed by atoms with Crippen LogP contribution in [0.2, 0.25) is 0 Å². The number of halogens is 1. The molecule has 2 N–H and O–H groups in total. The highest BCUT2D eigenvalue weighted by Crippen LogP contribution is 2.30. The third-order valence-electron chi connectivity index (χ3n) is 5.02. The van der Waals surface area contributed by atoms with Gasteiger partial charge in [0, 0.05) is 44.0 Å². The van der Waals surface area contributed by atoms with Crippen molar-refractivity contribution in [2.75, 3.05) is 43.9 Å². The Kier molecular flexibility index (Phi) is 4.71. The van der Waals surface area contributed by atoms with E-state index in [1.165, 1.54) is 5.69 Å². The lowest BCUT2D eigenvalue weighted by atomic mass is 9.99. The molecule has 0 unspecified atom stereocenters. The van der Waals surface area contributed by atoms with Gasteiger partial charge in [-0.2, -0.15) is 0 Å². The topological polar surface area (TPSA) is 41.7 Å². The number of benzene rings is 1. The van der Waals surface area contributed by atoms with Crippen molar-refractivity contribution < 1.29 is 9.13 Å². The highest BCUT2D eigenvalue weighted by atomic mass is 19.1. The molecular formula is C17H26FN3O. The van der Waals surface area contributed by atoms with Crippen LogP contribution in [-0.2, 0) is 0 Å². The number of nitrogens with two attached hydrogens (primary N) is 1. The molecule has 0 saturated carbocycles. The molecule has 0 aliphatic carbocycles. The Hall–Kier alpha value is -1.49. The van der Waals surface area contributed by atoms with Crippen LogP contribution in [-0.4, -0.2) is 50.4 Å². The maximum atomic E-state index is 13.3. The van der Waals surface area contributed by atoms with Crippen molar-refractivity contribution in [3.8, 4) is 5.75 Å². The summed E-state index contributed by atoms with van der Waals surface area (Å²) in [6.07, 6.45) is 3.11. The number of piperidine rings is 2. The molecule has 122 valence electrons. The second-order valence-corrected chi connectivity index (χ2v) is 6.36. The first-order valence-corrected chi connectivity index (χ1v) is 8.24. The number of alkyl halides is 1. The van der Waals surface area contributed by atoms with Crippen LogP contribution in [0.4, 0.5) is 15.8 Å². The van der Waals surface area contributed by atoms with Gasteiger partial charge >= 0.3 is 0 Å². The number of likely N-dealkylation sites (tertiary alicyclic amines) is 1. The van der Waals surface area contributed by atoms with Crippen LogP contribution in [0.15, 0.2) is 18.2 Å². The summed E-state index contributed by atoms with van der Waals surface area (Å²) in [7, 11) is 1.65. The van der Waals surface area contributed by atoms with Gasteiger partial charge < -0.3 is 20.3 Å². The van der Waals surface area contributed by atoms with Gasteiger partial charge in [-0.3, -0.25) is 0 Å². The first kappa shape index (κ1) is 15.4. The molecule has 5 heteroatoms. The van der Waals surface area contributed by atoms with Gasteiger partial charge in [0.25, 0.3) is 0 Å². The van der Waals surface area contributed by atoms with E-state index in [4.69, 9.17) is 10.5 Å². The maximum absolute atomic E-state index is 13.3. The van der Waals surface area contributed by atoms with E-state index in [1.807, 2.05) is 12.1 Å². The van der Waals surface area contributed by atoms with E-state index in [1.54, 1.807) is 7.11 Å². The van der Waals surface area contributed by atoms with Crippen molar-refractivity contribution in [3.05, 3.63) is 18.2 Å². The van der Waals surface area contributed by atoms with Gasteiger partial charge in [-0.25, -0.2) is 4.39 Å². The normalized spacial score (nSPS) is 22.0. The van der Waals surface area contributed by atoms with Crippen molar-refractivity contribution in [2.24, 2.45) is 0 Å². The Bertz CT molecular complexity index is 495. The van der Waals surface area contributed by atoms with Crippen molar-refractivity contribution in [1.82, 2.24) is 4.90 Å². The van der Waals surface area contributed by atoms with E-state index < -0.39 is 6.17 Å². The van der Waals surface area contributed by atoms with E-state index in [0.717, 1.165) is 44.8 Å². The molecule has 1 aromatic rings. The molecule has 2 aliphatic heterocycles. The van der Waals surface area contributed by atoms with Gasteiger partial charge in [-0.05, 0) is 37.8 Å². The van der Waals surface area contributed by atoms with E-state index in [-0.39, 0.29) is 0 Å². The monoisotopic (exact) mass is 307 g/mol. The van der Waals surface area contributed by atoms with Crippen LogP contribution < -0.4 is 15.4 Å². The standard InChI is InChI=1S/C17H26FN3O/c1-22-17-12-15(2-3-16(17)19)21-10-6-14(7-11-21)20-8-4-13(18)5-9-20/h2-3,12-14H,4-11,19H2,1H3. The highest BCUT2D eigenvalue weighted by Gasteiger charge is 2.28. The number of anilines is 2. The number of rotatable bonds is 3. The molecule has 2 fully saturated rings. The van der Waals surface area contributed by atoms with E-state index in [2.05, 4.69) is 15.9 Å². The van der Waals surface area contributed by atoms with E-state index in [9.17, 15) is 4.39 Å². The van der Waals surface area contributed by atoms with Gasteiger partial charge in [-0.1, -0.05) is 0 Å². The average Bonchev–Trinajstić information content (AvgIpc) is 2.56. The molecule has 3 rings (SSSR count). The average molecular weight is 307 g/mol. The predicted molar refractivity (Wildman–Crippen MR) is 88.3 cm³/mol.